The smallest absolute Gasteiger partial charge is 0.343 e. The van der Waals surface area contributed by atoms with Crippen LogP contribution in [-0.4, -0.2) is 25.8 Å². The molecule has 1 saturated heterocycles. The van der Waals surface area contributed by atoms with Gasteiger partial charge in [-0.3, -0.25) is 0 Å². The first kappa shape index (κ1) is 34.9. The summed E-state index contributed by atoms with van der Waals surface area (Å²) >= 11 is 0. The lowest BCUT2D eigenvalue weighted by Gasteiger charge is -2.29. The Morgan fingerprint density at radius 2 is 1.30 bits per heavy atom. The van der Waals surface area contributed by atoms with Crippen LogP contribution >= 0.6 is 0 Å². The molecule has 2 aromatic rings. The highest BCUT2D eigenvalue weighted by Gasteiger charge is 2.23. The second kappa shape index (κ2) is 22.0. The zero-order valence-electron chi connectivity index (χ0n) is 26.7. The second-order valence-electron chi connectivity index (χ2n) is 12.0. The van der Waals surface area contributed by atoms with E-state index in [4.69, 9.17) is 18.9 Å². The van der Waals surface area contributed by atoms with E-state index in [0.29, 0.717) is 23.8 Å². The minimum atomic E-state index is -0.387. The van der Waals surface area contributed by atoms with E-state index in [1.165, 1.54) is 96.3 Å². The van der Waals surface area contributed by atoms with E-state index in [-0.39, 0.29) is 12.3 Å². The molecule has 0 bridgehead atoms. The Labute approximate surface area is 261 Å². The van der Waals surface area contributed by atoms with Crippen molar-refractivity contribution in [1.29, 1.82) is 0 Å². The van der Waals surface area contributed by atoms with Crippen molar-refractivity contribution in [2.45, 2.75) is 122 Å². The van der Waals surface area contributed by atoms with Crippen molar-refractivity contribution in [2.24, 2.45) is 5.92 Å². The zero-order chi connectivity index (χ0) is 30.4. The maximum atomic E-state index is 12.7. The number of esters is 1. The van der Waals surface area contributed by atoms with Crippen molar-refractivity contribution in [1.82, 2.24) is 0 Å². The third-order valence-electron chi connectivity index (χ3n) is 8.21. The number of ether oxygens (including phenoxy) is 4. The Balaban J connectivity index is 1.26. The monoisotopic (exact) mass is 592 g/mol. The van der Waals surface area contributed by atoms with Gasteiger partial charge in [0.2, 0.25) is 0 Å². The van der Waals surface area contributed by atoms with Gasteiger partial charge in [-0.1, -0.05) is 109 Å². The van der Waals surface area contributed by atoms with Gasteiger partial charge < -0.3 is 18.9 Å². The predicted molar refractivity (Wildman–Crippen MR) is 176 cm³/mol. The van der Waals surface area contributed by atoms with E-state index >= 15 is 0 Å². The summed E-state index contributed by atoms with van der Waals surface area (Å²) < 4.78 is 23.5. The molecule has 0 aliphatic carbocycles. The van der Waals surface area contributed by atoms with Gasteiger partial charge in [0.15, 0.2) is 6.29 Å². The van der Waals surface area contributed by atoms with Crippen LogP contribution < -0.4 is 9.47 Å². The number of carbonyl (C=O) groups excluding carboxylic acids is 1. The molecule has 5 heteroatoms. The fourth-order valence-corrected chi connectivity index (χ4v) is 5.48. The van der Waals surface area contributed by atoms with Gasteiger partial charge in [-0.2, -0.15) is 0 Å². The van der Waals surface area contributed by atoms with Crippen molar-refractivity contribution in [3.63, 3.8) is 0 Å². The fourth-order valence-electron chi connectivity index (χ4n) is 5.48. The third-order valence-corrected chi connectivity index (χ3v) is 8.21. The number of benzene rings is 2. The molecular weight excluding hydrogens is 536 g/mol. The summed E-state index contributed by atoms with van der Waals surface area (Å²) in [7, 11) is 0. The quantitative estimate of drug-likeness (QED) is 0.0556. The number of hydrogen-bond donors (Lipinski definition) is 0. The molecule has 2 aromatic carbocycles. The molecule has 238 valence electrons. The minimum Gasteiger partial charge on any atom is -0.494 e. The highest BCUT2D eigenvalue weighted by atomic mass is 16.7. The maximum absolute atomic E-state index is 12.7. The highest BCUT2D eigenvalue weighted by molar-refractivity contribution is 5.91. The van der Waals surface area contributed by atoms with Crippen molar-refractivity contribution < 1.29 is 23.7 Å². The summed E-state index contributed by atoms with van der Waals surface area (Å²) in [5.41, 5.74) is 1.44. The largest absolute Gasteiger partial charge is 0.494 e. The molecule has 0 atom stereocenters. The summed E-state index contributed by atoms with van der Waals surface area (Å²) in [4.78, 5) is 12.7. The third kappa shape index (κ3) is 14.6. The van der Waals surface area contributed by atoms with Gasteiger partial charge in [-0.15, -0.1) is 6.58 Å². The predicted octanol–water partition coefficient (Wildman–Crippen LogP) is 10.8. The molecule has 1 aliphatic rings. The normalized spacial score (nSPS) is 16.6. The summed E-state index contributed by atoms with van der Waals surface area (Å²) in [6, 6.07) is 14.6. The molecular formula is C38H56O5. The van der Waals surface area contributed by atoms with E-state index in [9.17, 15) is 4.79 Å². The Morgan fingerprint density at radius 3 is 1.93 bits per heavy atom. The highest BCUT2D eigenvalue weighted by Crippen LogP contribution is 2.29. The summed E-state index contributed by atoms with van der Waals surface area (Å²) in [5, 5.41) is 0. The number of carbonyl (C=O) groups is 1. The van der Waals surface area contributed by atoms with Gasteiger partial charge in [0.25, 0.3) is 0 Å². The number of hydrogen-bond acceptors (Lipinski definition) is 5. The summed E-state index contributed by atoms with van der Waals surface area (Å²) in [6.07, 6.45) is 23.3. The first-order valence-corrected chi connectivity index (χ1v) is 17.1. The van der Waals surface area contributed by atoms with Gasteiger partial charge in [0, 0.05) is 11.5 Å². The van der Waals surface area contributed by atoms with Crippen LogP contribution in [0.5, 0.6) is 11.5 Å². The molecule has 1 aliphatic heterocycles. The summed E-state index contributed by atoms with van der Waals surface area (Å²) in [6.45, 7) is 8.19. The molecule has 5 nitrogen and oxygen atoms in total. The average molecular weight is 593 g/mol. The number of allylic oxidation sites excluding steroid dienone is 1. The number of unbranched alkanes of at least 4 members (excludes halogenated alkanes) is 14. The molecule has 1 fully saturated rings. The first-order valence-electron chi connectivity index (χ1n) is 17.1. The standard InChI is InChI=1S/C38H56O5/c1-3-5-7-9-11-12-13-15-17-19-29-40-35-25-21-33(22-26-35)37(39)43-36-27-23-34(24-28-36)38-41-30-32(31-42-38)20-18-16-14-10-8-6-4-2/h3,21-28,32,38H,1,4-20,29-31H2,2H3/t32-,38-. The molecule has 0 amide bonds. The Kier molecular flexibility index (Phi) is 17.8. The zero-order valence-corrected chi connectivity index (χ0v) is 26.7. The molecule has 3 rings (SSSR count). The fraction of sp³-hybridized carbons (Fsp3) is 0.605. The maximum Gasteiger partial charge on any atom is 0.343 e. The van der Waals surface area contributed by atoms with Crippen LogP contribution in [0, 0.1) is 5.92 Å². The Bertz CT molecular complexity index is 992. The topological polar surface area (TPSA) is 54.0 Å². The van der Waals surface area contributed by atoms with Crippen LogP contribution in [0.25, 0.3) is 0 Å². The van der Waals surface area contributed by atoms with Crippen molar-refractivity contribution in [3.05, 3.63) is 72.3 Å². The molecule has 1 heterocycles. The van der Waals surface area contributed by atoms with Gasteiger partial charge in [-0.25, -0.2) is 4.79 Å². The van der Waals surface area contributed by atoms with Gasteiger partial charge in [-0.05, 0) is 62.1 Å². The molecule has 0 saturated carbocycles. The van der Waals surface area contributed by atoms with Crippen molar-refractivity contribution in [3.8, 4) is 11.5 Å². The van der Waals surface area contributed by atoms with Gasteiger partial charge in [0.1, 0.15) is 11.5 Å². The van der Waals surface area contributed by atoms with Crippen molar-refractivity contribution >= 4 is 5.97 Å². The SMILES string of the molecule is C=CCCCCCCCCCCOc1ccc(C(=O)Oc2ccc([C@H]3OC[C@H](CCCCCCCCC)CO3)cc2)cc1. The lowest BCUT2D eigenvalue weighted by molar-refractivity contribution is -0.206. The van der Waals surface area contributed by atoms with Crippen LogP contribution in [0.1, 0.15) is 138 Å². The van der Waals surface area contributed by atoms with E-state index in [0.717, 1.165) is 37.4 Å². The van der Waals surface area contributed by atoms with Crippen LogP contribution in [-0.2, 0) is 9.47 Å². The van der Waals surface area contributed by atoms with Crippen LogP contribution in [0.4, 0.5) is 0 Å². The molecule has 0 aromatic heterocycles. The lowest BCUT2D eigenvalue weighted by Crippen LogP contribution is -2.27. The molecule has 0 unspecified atom stereocenters. The average Bonchev–Trinajstić information content (AvgIpc) is 3.04. The van der Waals surface area contributed by atoms with Crippen LogP contribution in [0.3, 0.4) is 0 Å². The lowest BCUT2D eigenvalue weighted by atomic mass is 10.0. The molecule has 43 heavy (non-hydrogen) atoms. The van der Waals surface area contributed by atoms with E-state index in [1.54, 1.807) is 24.3 Å². The van der Waals surface area contributed by atoms with E-state index in [2.05, 4.69) is 13.5 Å². The first-order chi connectivity index (χ1) is 21.2. The second-order valence-corrected chi connectivity index (χ2v) is 12.0. The van der Waals surface area contributed by atoms with Gasteiger partial charge in [0.05, 0.1) is 25.4 Å². The van der Waals surface area contributed by atoms with Crippen LogP contribution in [0.2, 0.25) is 0 Å². The van der Waals surface area contributed by atoms with E-state index < -0.39 is 0 Å². The Hall–Kier alpha value is -2.63. The van der Waals surface area contributed by atoms with Gasteiger partial charge >= 0.3 is 5.97 Å². The van der Waals surface area contributed by atoms with Crippen LogP contribution in [0.15, 0.2) is 61.2 Å². The summed E-state index contributed by atoms with van der Waals surface area (Å²) in [5.74, 6) is 1.36. The minimum absolute atomic E-state index is 0.361. The molecule has 0 N–H and O–H groups in total. The molecule has 0 radical (unpaired) electrons. The molecule has 0 spiro atoms. The van der Waals surface area contributed by atoms with E-state index in [1.807, 2.05) is 30.3 Å². The van der Waals surface area contributed by atoms with Crippen molar-refractivity contribution in [2.75, 3.05) is 19.8 Å². The Morgan fingerprint density at radius 1 is 0.744 bits per heavy atom. The number of rotatable bonds is 23.